The molecule has 0 bridgehead atoms. The Bertz CT molecular complexity index is 491. The molecule has 0 saturated carbocycles. The summed E-state index contributed by atoms with van der Waals surface area (Å²) in [7, 11) is 0. The normalized spacial score (nSPS) is 10.3. The lowest BCUT2D eigenvalue weighted by Gasteiger charge is -2.07. The smallest absolute Gasteiger partial charge is 0.142 e. The zero-order chi connectivity index (χ0) is 12.3. The molecule has 2 aromatic carbocycles. The molecule has 0 aliphatic heterocycles. The van der Waals surface area contributed by atoms with Crippen LogP contribution >= 0.6 is 15.9 Å². The molecule has 0 fully saturated rings. The highest BCUT2D eigenvalue weighted by Gasteiger charge is 2.07. The second-order valence-electron chi connectivity index (χ2n) is 3.59. The first-order valence-corrected chi connectivity index (χ1v) is 5.88. The number of rotatable bonds is 3. The van der Waals surface area contributed by atoms with Crippen LogP contribution in [-0.2, 0) is 6.54 Å². The van der Waals surface area contributed by atoms with E-state index in [1.807, 2.05) is 30.3 Å². The van der Waals surface area contributed by atoms with E-state index >= 15 is 0 Å². The molecule has 0 amide bonds. The lowest BCUT2D eigenvalue weighted by Crippen LogP contribution is -2.00. The minimum atomic E-state index is -0.611. The van der Waals surface area contributed by atoms with Crippen LogP contribution in [-0.4, -0.2) is 0 Å². The summed E-state index contributed by atoms with van der Waals surface area (Å²) in [4.78, 5) is 0. The van der Waals surface area contributed by atoms with Crippen molar-refractivity contribution in [1.82, 2.24) is 0 Å². The van der Waals surface area contributed by atoms with Gasteiger partial charge in [0.2, 0.25) is 0 Å². The maximum absolute atomic E-state index is 13.2. The summed E-state index contributed by atoms with van der Waals surface area (Å²) in [6.45, 7) is 0.529. The molecule has 4 heteroatoms. The van der Waals surface area contributed by atoms with Crippen LogP contribution in [0.3, 0.4) is 0 Å². The largest absolute Gasteiger partial charge is 0.381 e. The fourth-order valence-electron chi connectivity index (χ4n) is 1.46. The molecule has 0 aromatic heterocycles. The molecular formula is C13H10BrF2N. The molecule has 88 valence electrons. The zero-order valence-corrected chi connectivity index (χ0v) is 10.5. The number of anilines is 1. The van der Waals surface area contributed by atoms with Gasteiger partial charge < -0.3 is 5.32 Å². The van der Waals surface area contributed by atoms with Crippen LogP contribution in [0.4, 0.5) is 14.5 Å². The van der Waals surface area contributed by atoms with Gasteiger partial charge in [-0.15, -0.1) is 0 Å². The van der Waals surface area contributed by atoms with Crippen LogP contribution in [0.25, 0.3) is 0 Å². The lowest BCUT2D eigenvalue weighted by molar-refractivity contribution is 0.572. The van der Waals surface area contributed by atoms with Crippen LogP contribution in [0.15, 0.2) is 46.9 Å². The Kier molecular flexibility index (Phi) is 3.74. The Labute approximate surface area is 107 Å². The quantitative estimate of drug-likeness (QED) is 0.831. The van der Waals surface area contributed by atoms with Crippen molar-refractivity contribution in [3.05, 3.63) is 64.1 Å². The number of benzene rings is 2. The van der Waals surface area contributed by atoms with Crippen LogP contribution < -0.4 is 5.32 Å². The van der Waals surface area contributed by atoms with E-state index in [-0.39, 0.29) is 4.47 Å². The van der Waals surface area contributed by atoms with Crippen LogP contribution in [0, 0.1) is 11.6 Å². The predicted octanol–water partition coefficient (Wildman–Crippen LogP) is 4.34. The van der Waals surface area contributed by atoms with Gasteiger partial charge in [-0.2, -0.15) is 0 Å². The van der Waals surface area contributed by atoms with Crippen molar-refractivity contribution in [3.8, 4) is 0 Å². The first-order valence-electron chi connectivity index (χ1n) is 5.09. The zero-order valence-electron chi connectivity index (χ0n) is 8.88. The summed E-state index contributed by atoms with van der Waals surface area (Å²) in [5.41, 5.74) is 1.48. The van der Waals surface area contributed by atoms with Gasteiger partial charge in [-0.25, -0.2) is 8.78 Å². The van der Waals surface area contributed by atoms with Crippen molar-refractivity contribution in [2.75, 3.05) is 5.32 Å². The summed E-state index contributed by atoms with van der Waals surface area (Å²) >= 11 is 2.83. The Morgan fingerprint density at radius 3 is 2.18 bits per heavy atom. The first kappa shape index (κ1) is 12.0. The van der Waals surface area contributed by atoms with Crippen molar-refractivity contribution in [1.29, 1.82) is 0 Å². The maximum Gasteiger partial charge on any atom is 0.142 e. The molecule has 1 N–H and O–H groups in total. The Balaban J connectivity index is 2.10. The van der Waals surface area contributed by atoms with E-state index in [0.29, 0.717) is 12.2 Å². The Morgan fingerprint density at radius 1 is 1.00 bits per heavy atom. The third-order valence-corrected chi connectivity index (χ3v) is 3.08. The molecule has 0 unspecified atom stereocenters. The number of halogens is 3. The number of hydrogen-bond acceptors (Lipinski definition) is 1. The summed E-state index contributed by atoms with van der Waals surface area (Å²) in [5, 5.41) is 2.97. The molecule has 0 spiro atoms. The van der Waals surface area contributed by atoms with E-state index in [9.17, 15) is 8.78 Å². The lowest BCUT2D eigenvalue weighted by atomic mass is 10.2. The summed E-state index contributed by atoms with van der Waals surface area (Å²) in [6, 6.07) is 12.2. The predicted molar refractivity (Wildman–Crippen MR) is 67.8 cm³/mol. The molecule has 2 aromatic rings. The molecule has 17 heavy (non-hydrogen) atoms. The highest BCUT2D eigenvalue weighted by molar-refractivity contribution is 9.10. The van der Waals surface area contributed by atoms with Crippen molar-refractivity contribution < 1.29 is 8.78 Å². The van der Waals surface area contributed by atoms with Crippen LogP contribution in [0.1, 0.15) is 5.56 Å². The van der Waals surface area contributed by atoms with Crippen LogP contribution in [0.5, 0.6) is 0 Å². The van der Waals surface area contributed by atoms with Gasteiger partial charge in [0, 0.05) is 12.2 Å². The van der Waals surface area contributed by atoms with Crippen molar-refractivity contribution in [3.63, 3.8) is 0 Å². The molecule has 0 aliphatic rings. The summed E-state index contributed by atoms with van der Waals surface area (Å²) in [6.07, 6.45) is 0. The van der Waals surface area contributed by atoms with E-state index < -0.39 is 11.6 Å². The second-order valence-corrected chi connectivity index (χ2v) is 4.39. The van der Waals surface area contributed by atoms with Crippen LogP contribution in [0.2, 0.25) is 0 Å². The molecule has 0 radical (unpaired) electrons. The van der Waals surface area contributed by atoms with Crippen molar-refractivity contribution in [2.45, 2.75) is 6.54 Å². The van der Waals surface area contributed by atoms with E-state index in [1.165, 1.54) is 12.1 Å². The molecular weight excluding hydrogens is 288 g/mol. The summed E-state index contributed by atoms with van der Waals surface area (Å²) in [5.74, 6) is -1.22. The molecule has 1 nitrogen and oxygen atoms in total. The standard InChI is InChI=1S/C13H10BrF2N/c14-13-11(15)6-10(7-12(13)16)17-8-9-4-2-1-3-5-9/h1-7,17H,8H2. The first-order chi connectivity index (χ1) is 8.16. The van der Waals surface area contributed by atoms with Gasteiger partial charge in [-0.1, -0.05) is 30.3 Å². The van der Waals surface area contributed by atoms with Gasteiger partial charge in [0.15, 0.2) is 0 Å². The third kappa shape index (κ3) is 3.03. The average Bonchev–Trinajstić information content (AvgIpc) is 2.34. The minimum Gasteiger partial charge on any atom is -0.381 e. The van der Waals surface area contributed by atoms with E-state index in [4.69, 9.17) is 0 Å². The van der Waals surface area contributed by atoms with Gasteiger partial charge >= 0.3 is 0 Å². The molecule has 2 rings (SSSR count). The average molecular weight is 298 g/mol. The molecule has 0 atom stereocenters. The van der Waals surface area contributed by atoms with E-state index in [1.54, 1.807) is 0 Å². The third-order valence-electron chi connectivity index (χ3n) is 2.32. The van der Waals surface area contributed by atoms with Gasteiger partial charge in [0.1, 0.15) is 11.6 Å². The van der Waals surface area contributed by atoms with Gasteiger partial charge in [0.25, 0.3) is 0 Å². The van der Waals surface area contributed by atoms with Crippen molar-refractivity contribution in [2.24, 2.45) is 0 Å². The molecule has 0 heterocycles. The highest BCUT2D eigenvalue weighted by atomic mass is 79.9. The SMILES string of the molecule is Fc1cc(NCc2ccccc2)cc(F)c1Br. The summed E-state index contributed by atoms with van der Waals surface area (Å²) < 4.78 is 26.3. The molecule has 0 saturated heterocycles. The minimum absolute atomic E-state index is 0.136. The number of hydrogen-bond donors (Lipinski definition) is 1. The van der Waals surface area contributed by atoms with Crippen molar-refractivity contribution >= 4 is 21.6 Å². The second kappa shape index (κ2) is 5.27. The van der Waals surface area contributed by atoms with E-state index in [0.717, 1.165) is 5.56 Å². The highest BCUT2D eigenvalue weighted by Crippen LogP contribution is 2.23. The van der Waals surface area contributed by atoms with Gasteiger partial charge in [-0.05, 0) is 33.6 Å². The Morgan fingerprint density at radius 2 is 1.59 bits per heavy atom. The Hall–Kier alpha value is -1.42. The topological polar surface area (TPSA) is 12.0 Å². The fourth-order valence-corrected chi connectivity index (χ4v) is 1.69. The maximum atomic E-state index is 13.2. The molecule has 0 aliphatic carbocycles. The van der Waals surface area contributed by atoms with Gasteiger partial charge in [-0.3, -0.25) is 0 Å². The van der Waals surface area contributed by atoms with Gasteiger partial charge in [0.05, 0.1) is 4.47 Å². The van der Waals surface area contributed by atoms with E-state index in [2.05, 4.69) is 21.2 Å². The number of nitrogens with one attached hydrogen (secondary N) is 1. The monoisotopic (exact) mass is 297 g/mol. The fraction of sp³-hybridized carbons (Fsp3) is 0.0769.